The second kappa shape index (κ2) is 4.48. The summed E-state index contributed by atoms with van der Waals surface area (Å²) in [5.74, 6) is 0.645. The number of aromatic nitrogens is 1. The quantitative estimate of drug-likeness (QED) is 0.930. The van der Waals surface area contributed by atoms with Crippen molar-refractivity contribution in [2.45, 2.75) is 25.7 Å². The molecule has 1 fully saturated rings. The van der Waals surface area contributed by atoms with Crippen LogP contribution in [0.25, 0.3) is 10.6 Å². The lowest BCUT2D eigenvalue weighted by Crippen LogP contribution is -1.96. The average Bonchev–Trinajstić information content (AvgIpc) is 2.78. The van der Waals surface area contributed by atoms with Gasteiger partial charge in [-0.2, -0.15) is 0 Å². The van der Waals surface area contributed by atoms with Gasteiger partial charge in [-0.25, -0.2) is 4.98 Å². The van der Waals surface area contributed by atoms with Crippen molar-refractivity contribution in [3.05, 3.63) is 27.4 Å². The Bertz CT molecular complexity index is 587. The van der Waals surface area contributed by atoms with Crippen LogP contribution in [-0.4, -0.2) is 16.1 Å². The molecule has 2 aromatic heterocycles. The number of rotatable bonds is 4. The maximum absolute atomic E-state index is 10.6. The summed E-state index contributed by atoms with van der Waals surface area (Å²) < 4.78 is 0. The van der Waals surface area contributed by atoms with Crippen LogP contribution < -0.4 is 0 Å². The molecule has 0 spiro atoms. The molecule has 1 saturated carbocycles. The van der Waals surface area contributed by atoms with Crippen LogP contribution in [0, 0.1) is 5.92 Å². The van der Waals surface area contributed by atoms with E-state index in [1.165, 1.54) is 22.8 Å². The van der Waals surface area contributed by atoms with Crippen molar-refractivity contribution >= 4 is 28.6 Å². The molecular weight excluding hydrogens is 266 g/mol. The number of thiazole rings is 1. The Morgan fingerprint density at radius 2 is 2.33 bits per heavy atom. The fraction of sp³-hybridized carbons (Fsp3) is 0.385. The smallest absolute Gasteiger partial charge is 0.308 e. The second-order valence-electron chi connectivity index (χ2n) is 4.73. The average molecular weight is 279 g/mol. The van der Waals surface area contributed by atoms with Crippen molar-refractivity contribution in [1.29, 1.82) is 0 Å². The third kappa shape index (κ3) is 2.33. The molecule has 0 aromatic carbocycles. The Labute approximate surface area is 113 Å². The maximum atomic E-state index is 10.6. The minimum Gasteiger partial charge on any atom is -0.481 e. The highest BCUT2D eigenvalue weighted by molar-refractivity contribution is 7.16. The zero-order chi connectivity index (χ0) is 12.7. The molecule has 0 aliphatic heterocycles. The van der Waals surface area contributed by atoms with Crippen LogP contribution in [0.5, 0.6) is 0 Å². The molecule has 3 rings (SSSR count). The fourth-order valence-corrected chi connectivity index (χ4v) is 4.10. The number of carboxylic acid groups (broad SMARTS) is 1. The van der Waals surface area contributed by atoms with Gasteiger partial charge in [0.15, 0.2) is 0 Å². The summed E-state index contributed by atoms with van der Waals surface area (Å²) in [6.45, 7) is 2.25. The molecule has 18 heavy (non-hydrogen) atoms. The van der Waals surface area contributed by atoms with E-state index in [4.69, 9.17) is 5.11 Å². The molecule has 5 heteroatoms. The molecule has 1 aliphatic carbocycles. The fourth-order valence-electron chi connectivity index (χ4n) is 2.00. The van der Waals surface area contributed by atoms with E-state index in [1.54, 1.807) is 11.3 Å². The van der Waals surface area contributed by atoms with Gasteiger partial charge in [0, 0.05) is 16.2 Å². The highest BCUT2D eigenvalue weighted by atomic mass is 32.1. The number of hydrogen-bond donors (Lipinski definition) is 1. The number of carboxylic acids is 1. The van der Waals surface area contributed by atoms with Gasteiger partial charge in [0.1, 0.15) is 0 Å². The largest absolute Gasteiger partial charge is 0.481 e. The molecule has 2 unspecified atom stereocenters. The Morgan fingerprint density at radius 1 is 1.56 bits per heavy atom. The van der Waals surface area contributed by atoms with Gasteiger partial charge in [-0.15, -0.1) is 22.7 Å². The predicted octanol–water partition coefficient (Wildman–Crippen LogP) is 3.62. The molecule has 0 saturated heterocycles. The highest BCUT2D eigenvalue weighted by Gasteiger charge is 2.36. The maximum Gasteiger partial charge on any atom is 0.308 e. The van der Waals surface area contributed by atoms with E-state index in [-0.39, 0.29) is 6.42 Å². The molecule has 0 bridgehead atoms. The van der Waals surface area contributed by atoms with Crippen molar-refractivity contribution in [2.75, 3.05) is 0 Å². The van der Waals surface area contributed by atoms with E-state index in [0.717, 1.165) is 21.4 Å². The second-order valence-corrected chi connectivity index (χ2v) is 6.78. The van der Waals surface area contributed by atoms with E-state index >= 15 is 0 Å². The number of carbonyl (C=O) groups is 1. The first kappa shape index (κ1) is 11.9. The number of nitrogens with zero attached hydrogens (tertiary/aromatic N) is 1. The van der Waals surface area contributed by atoms with Gasteiger partial charge in [0.25, 0.3) is 0 Å². The third-order valence-electron chi connectivity index (χ3n) is 3.19. The topological polar surface area (TPSA) is 50.2 Å². The zero-order valence-electron chi connectivity index (χ0n) is 9.92. The Kier molecular flexibility index (Phi) is 2.95. The summed E-state index contributed by atoms with van der Waals surface area (Å²) in [5.41, 5.74) is 0.996. The molecule has 2 atom stereocenters. The van der Waals surface area contributed by atoms with Gasteiger partial charge in [0.05, 0.1) is 22.0 Å². The van der Waals surface area contributed by atoms with Gasteiger partial charge < -0.3 is 5.11 Å². The molecule has 2 heterocycles. The van der Waals surface area contributed by atoms with E-state index in [0.29, 0.717) is 5.92 Å². The number of hydrogen-bond acceptors (Lipinski definition) is 4. The standard InChI is InChI=1S/C13H13NO2S2/c1-7-4-9(7)13-14-10(6-17-13)11-3-2-8(18-11)5-12(15)16/h2-3,6-7,9H,4-5H2,1H3,(H,15,16). The summed E-state index contributed by atoms with van der Waals surface area (Å²) in [6, 6.07) is 3.85. The van der Waals surface area contributed by atoms with Crippen LogP contribution in [0.2, 0.25) is 0 Å². The summed E-state index contributed by atoms with van der Waals surface area (Å²) in [7, 11) is 0. The van der Waals surface area contributed by atoms with Crippen LogP contribution in [0.4, 0.5) is 0 Å². The van der Waals surface area contributed by atoms with Crippen molar-refractivity contribution in [3.8, 4) is 10.6 Å². The zero-order valence-corrected chi connectivity index (χ0v) is 11.6. The summed E-state index contributed by atoms with van der Waals surface area (Å²) in [4.78, 5) is 17.3. The Balaban J connectivity index is 1.79. The van der Waals surface area contributed by atoms with Gasteiger partial charge in [-0.1, -0.05) is 6.92 Å². The molecule has 0 amide bonds. The molecule has 1 aliphatic rings. The third-order valence-corrected chi connectivity index (χ3v) is 5.27. The van der Waals surface area contributed by atoms with Crippen LogP contribution >= 0.6 is 22.7 Å². The van der Waals surface area contributed by atoms with Crippen molar-refractivity contribution in [1.82, 2.24) is 4.98 Å². The van der Waals surface area contributed by atoms with Crippen LogP contribution in [-0.2, 0) is 11.2 Å². The molecule has 94 valence electrons. The van der Waals surface area contributed by atoms with Crippen LogP contribution in [0.15, 0.2) is 17.5 Å². The highest BCUT2D eigenvalue weighted by Crippen LogP contribution is 2.48. The first-order valence-corrected chi connectivity index (χ1v) is 7.59. The first-order chi connectivity index (χ1) is 8.63. The Hall–Kier alpha value is -1.20. The van der Waals surface area contributed by atoms with E-state index in [1.807, 2.05) is 12.1 Å². The molecule has 0 radical (unpaired) electrons. The number of aliphatic carboxylic acids is 1. The van der Waals surface area contributed by atoms with E-state index in [9.17, 15) is 4.79 Å². The lowest BCUT2D eigenvalue weighted by atomic mass is 10.3. The van der Waals surface area contributed by atoms with Crippen molar-refractivity contribution < 1.29 is 9.90 Å². The predicted molar refractivity (Wildman–Crippen MR) is 73.3 cm³/mol. The molecule has 2 aromatic rings. The first-order valence-electron chi connectivity index (χ1n) is 5.90. The lowest BCUT2D eigenvalue weighted by Gasteiger charge is -1.91. The van der Waals surface area contributed by atoms with Gasteiger partial charge >= 0.3 is 5.97 Å². The van der Waals surface area contributed by atoms with E-state index < -0.39 is 5.97 Å². The van der Waals surface area contributed by atoms with Crippen LogP contribution in [0.3, 0.4) is 0 Å². The minimum atomic E-state index is -0.783. The normalized spacial score (nSPS) is 22.1. The summed E-state index contributed by atoms with van der Waals surface area (Å²) in [6.07, 6.45) is 1.35. The summed E-state index contributed by atoms with van der Waals surface area (Å²) >= 11 is 3.25. The van der Waals surface area contributed by atoms with Gasteiger partial charge in [0.2, 0.25) is 0 Å². The van der Waals surface area contributed by atoms with Gasteiger partial charge in [-0.3, -0.25) is 4.79 Å². The Morgan fingerprint density at radius 3 is 3.00 bits per heavy atom. The SMILES string of the molecule is CC1CC1c1nc(-c2ccc(CC(=O)O)s2)cs1. The van der Waals surface area contributed by atoms with Crippen molar-refractivity contribution in [3.63, 3.8) is 0 Å². The minimum absolute atomic E-state index is 0.0985. The van der Waals surface area contributed by atoms with Crippen molar-refractivity contribution in [2.24, 2.45) is 5.92 Å². The van der Waals surface area contributed by atoms with E-state index in [2.05, 4.69) is 17.3 Å². The summed E-state index contributed by atoms with van der Waals surface area (Å²) in [5, 5.41) is 12.1. The lowest BCUT2D eigenvalue weighted by molar-refractivity contribution is -0.136. The molecule has 1 N–H and O–H groups in total. The molecule has 3 nitrogen and oxygen atoms in total. The number of thiophene rings is 1. The van der Waals surface area contributed by atoms with Crippen LogP contribution in [0.1, 0.15) is 29.1 Å². The monoisotopic (exact) mass is 279 g/mol. The van der Waals surface area contributed by atoms with Gasteiger partial charge in [-0.05, 0) is 24.5 Å². The molecular formula is C13H13NO2S2.